The molecule has 7 heteroatoms. The van der Waals surface area contributed by atoms with Crippen LogP contribution < -0.4 is 29.1 Å². The first kappa shape index (κ1) is 19.4. The molecule has 1 heterocycles. The van der Waals surface area contributed by atoms with E-state index in [1.165, 1.54) is 21.3 Å². The van der Waals surface area contributed by atoms with Gasteiger partial charge in [-0.05, 0) is 25.1 Å². The number of hydrogen-bond acceptors (Lipinski definition) is 7. The van der Waals surface area contributed by atoms with Gasteiger partial charge in [-0.2, -0.15) is 0 Å². The van der Waals surface area contributed by atoms with Crippen molar-refractivity contribution >= 4 is 11.0 Å². The second-order valence-corrected chi connectivity index (χ2v) is 5.80. The van der Waals surface area contributed by atoms with Crippen molar-refractivity contribution in [1.29, 1.82) is 0 Å². The van der Waals surface area contributed by atoms with E-state index in [2.05, 4.69) is 0 Å². The van der Waals surface area contributed by atoms with Gasteiger partial charge in [-0.1, -0.05) is 0 Å². The van der Waals surface area contributed by atoms with Crippen LogP contribution in [-0.2, 0) is 0 Å². The molecule has 28 heavy (non-hydrogen) atoms. The predicted octanol–water partition coefficient (Wildman–Crippen LogP) is 3.89. The van der Waals surface area contributed by atoms with Crippen molar-refractivity contribution in [3.05, 3.63) is 40.6 Å². The minimum absolute atomic E-state index is 0.0715. The van der Waals surface area contributed by atoms with Crippen LogP contribution in [0.4, 0.5) is 0 Å². The van der Waals surface area contributed by atoms with Crippen LogP contribution in [-0.4, -0.2) is 35.0 Å². The van der Waals surface area contributed by atoms with Crippen LogP contribution in [0.25, 0.3) is 22.3 Å². The van der Waals surface area contributed by atoms with Crippen molar-refractivity contribution in [2.75, 3.05) is 35.0 Å². The van der Waals surface area contributed by atoms with Gasteiger partial charge in [0.05, 0.1) is 35.0 Å². The molecule has 0 aliphatic rings. The van der Waals surface area contributed by atoms with Crippen LogP contribution in [0.2, 0.25) is 0 Å². The highest BCUT2D eigenvalue weighted by molar-refractivity contribution is 5.88. The zero-order valence-corrected chi connectivity index (χ0v) is 16.5. The molecule has 3 rings (SSSR count). The highest BCUT2D eigenvalue weighted by Gasteiger charge is 2.21. The summed E-state index contributed by atoms with van der Waals surface area (Å²) in [5, 5.41) is 0.284. The van der Waals surface area contributed by atoms with E-state index >= 15 is 0 Å². The predicted molar refractivity (Wildman–Crippen MR) is 105 cm³/mol. The highest BCUT2D eigenvalue weighted by Crippen LogP contribution is 2.39. The largest absolute Gasteiger partial charge is 0.496 e. The van der Waals surface area contributed by atoms with Gasteiger partial charge in [0.2, 0.25) is 11.2 Å². The van der Waals surface area contributed by atoms with E-state index in [-0.39, 0.29) is 22.3 Å². The third kappa shape index (κ3) is 3.31. The lowest BCUT2D eigenvalue weighted by Crippen LogP contribution is -2.09. The number of benzene rings is 2. The fourth-order valence-corrected chi connectivity index (χ4v) is 3.01. The maximum Gasteiger partial charge on any atom is 0.239 e. The van der Waals surface area contributed by atoms with Gasteiger partial charge in [-0.3, -0.25) is 4.79 Å². The van der Waals surface area contributed by atoms with E-state index in [0.717, 1.165) is 0 Å². The van der Waals surface area contributed by atoms with Crippen LogP contribution in [0.15, 0.2) is 39.5 Å². The molecule has 148 valence electrons. The lowest BCUT2D eigenvalue weighted by Gasteiger charge is -2.14. The maximum atomic E-state index is 13.1. The van der Waals surface area contributed by atoms with Gasteiger partial charge in [-0.25, -0.2) is 0 Å². The standard InChI is InChI=1S/C21H22O7/c1-6-27-13-10-16(25-4)18-17(11-13)28-20(21(26-5)19(18)22)12-7-8-14(23-2)15(9-12)24-3/h7-11H,6H2,1-5H3. The Morgan fingerprint density at radius 1 is 0.857 bits per heavy atom. The Hall–Kier alpha value is -3.35. The Morgan fingerprint density at radius 2 is 1.57 bits per heavy atom. The summed E-state index contributed by atoms with van der Waals surface area (Å²) < 4.78 is 33.0. The topological polar surface area (TPSA) is 76.4 Å². The van der Waals surface area contributed by atoms with Crippen molar-refractivity contribution in [2.45, 2.75) is 6.92 Å². The van der Waals surface area contributed by atoms with Crippen LogP contribution >= 0.6 is 0 Å². The van der Waals surface area contributed by atoms with Crippen LogP contribution in [0.5, 0.6) is 28.7 Å². The zero-order chi connectivity index (χ0) is 20.3. The summed E-state index contributed by atoms with van der Waals surface area (Å²) in [7, 11) is 5.99. The smallest absolute Gasteiger partial charge is 0.239 e. The normalized spacial score (nSPS) is 10.6. The van der Waals surface area contributed by atoms with Gasteiger partial charge in [0.1, 0.15) is 22.5 Å². The molecule has 0 fully saturated rings. The Kier molecular flexibility index (Phi) is 5.63. The second-order valence-electron chi connectivity index (χ2n) is 5.80. The summed E-state index contributed by atoms with van der Waals surface area (Å²) in [6.07, 6.45) is 0. The molecule has 0 saturated carbocycles. The first-order valence-electron chi connectivity index (χ1n) is 8.65. The van der Waals surface area contributed by atoms with Gasteiger partial charge < -0.3 is 28.1 Å². The number of methoxy groups -OCH3 is 4. The summed E-state index contributed by atoms with van der Waals surface area (Å²) in [5.41, 5.74) is 0.598. The fraction of sp³-hybridized carbons (Fsp3) is 0.286. The molecule has 7 nitrogen and oxygen atoms in total. The minimum atomic E-state index is -0.339. The Bertz CT molecular complexity index is 1050. The molecule has 0 aliphatic carbocycles. The number of fused-ring (bicyclic) bond motifs is 1. The van der Waals surface area contributed by atoms with Gasteiger partial charge >= 0.3 is 0 Å². The summed E-state index contributed by atoms with van der Waals surface area (Å²) in [5.74, 6) is 2.31. The first-order valence-corrected chi connectivity index (χ1v) is 8.65. The third-order valence-corrected chi connectivity index (χ3v) is 4.27. The quantitative estimate of drug-likeness (QED) is 0.610. The molecule has 0 spiro atoms. The van der Waals surface area contributed by atoms with E-state index in [9.17, 15) is 4.79 Å². The van der Waals surface area contributed by atoms with Gasteiger partial charge in [-0.15, -0.1) is 0 Å². The minimum Gasteiger partial charge on any atom is -0.496 e. The monoisotopic (exact) mass is 386 g/mol. The van der Waals surface area contributed by atoms with Gasteiger partial charge in [0, 0.05) is 17.7 Å². The third-order valence-electron chi connectivity index (χ3n) is 4.27. The Morgan fingerprint density at radius 3 is 2.18 bits per heavy atom. The van der Waals surface area contributed by atoms with Crippen molar-refractivity contribution in [1.82, 2.24) is 0 Å². The number of hydrogen-bond donors (Lipinski definition) is 0. The van der Waals surface area contributed by atoms with Gasteiger partial charge in [0.25, 0.3) is 0 Å². The van der Waals surface area contributed by atoms with Crippen molar-refractivity contribution in [2.24, 2.45) is 0 Å². The van der Waals surface area contributed by atoms with Crippen LogP contribution in [0.1, 0.15) is 6.92 Å². The van der Waals surface area contributed by atoms with E-state index in [0.29, 0.717) is 40.8 Å². The average molecular weight is 386 g/mol. The molecule has 0 saturated heterocycles. The van der Waals surface area contributed by atoms with Crippen molar-refractivity contribution in [3.8, 4) is 40.1 Å². The summed E-state index contributed by atoms with van der Waals surface area (Å²) >= 11 is 0. The molecular formula is C21H22O7. The fourth-order valence-electron chi connectivity index (χ4n) is 3.01. The molecule has 0 amide bonds. The number of rotatable bonds is 7. The molecule has 0 bridgehead atoms. The molecule has 2 aromatic carbocycles. The average Bonchev–Trinajstić information content (AvgIpc) is 2.72. The molecular weight excluding hydrogens is 364 g/mol. The first-order chi connectivity index (χ1) is 13.6. The van der Waals surface area contributed by atoms with Crippen molar-refractivity contribution < 1.29 is 28.1 Å². The second kappa shape index (κ2) is 8.12. The van der Waals surface area contributed by atoms with E-state index < -0.39 is 0 Å². The van der Waals surface area contributed by atoms with Crippen LogP contribution in [0, 0.1) is 0 Å². The molecule has 1 aromatic heterocycles. The zero-order valence-electron chi connectivity index (χ0n) is 16.5. The van der Waals surface area contributed by atoms with E-state index in [1.807, 2.05) is 6.92 Å². The lowest BCUT2D eigenvalue weighted by molar-refractivity contribution is 0.336. The Labute approximate surface area is 162 Å². The lowest BCUT2D eigenvalue weighted by atomic mass is 10.1. The van der Waals surface area contributed by atoms with E-state index in [1.54, 1.807) is 37.4 Å². The summed E-state index contributed by atoms with van der Waals surface area (Å²) in [6, 6.07) is 8.52. The summed E-state index contributed by atoms with van der Waals surface area (Å²) in [4.78, 5) is 13.1. The molecule has 3 aromatic rings. The summed E-state index contributed by atoms with van der Waals surface area (Å²) in [6.45, 7) is 2.34. The SMILES string of the molecule is CCOc1cc(OC)c2c(=O)c(OC)c(-c3ccc(OC)c(OC)c3)oc2c1. The van der Waals surface area contributed by atoms with Crippen molar-refractivity contribution in [3.63, 3.8) is 0 Å². The molecule has 0 radical (unpaired) electrons. The Balaban J connectivity index is 2.32. The van der Waals surface area contributed by atoms with Crippen LogP contribution in [0.3, 0.4) is 0 Å². The van der Waals surface area contributed by atoms with Gasteiger partial charge in [0.15, 0.2) is 17.3 Å². The highest BCUT2D eigenvalue weighted by atomic mass is 16.5. The molecule has 0 atom stereocenters. The molecule has 0 unspecified atom stereocenters. The molecule has 0 aliphatic heterocycles. The number of ether oxygens (including phenoxy) is 5. The maximum absolute atomic E-state index is 13.1. The molecule has 0 N–H and O–H groups in total. The van der Waals surface area contributed by atoms with E-state index in [4.69, 9.17) is 28.1 Å².